The Labute approximate surface area is 125 Å². The molecule has 0 bridgehead atoms. The van der Waals surface area contributed by atoms with Gasteiger partial charge in [0.05, 0.1) is 5.69 Å². The number of ether oxygens (including phenoxy) is 1. The normalized spacial score (nSPS) is 19.6. The fourth-order valence-electron chi connectivity index (χ4n) is 2.06. The highest BCUT2D eigenvalue weighted by molar-refractivity contribution is 9.10. The molecule has 0 spiro atoms. The van der Waals surface area contributed by atoms with E-state index < -0.39 is 6.10 Å². The fraction of sp³-hybridized carbons (Fsp3) is 0.385. The summed E-state index contributed by atoms with van der Waals surface area (Å²) in [4.78, 5) is 12.1. The van der Waals surface area contributed by atoms with Gasteiger partial charge in [0.1, 0.15) is 6.10 Å². The van der Waals surface area contributed by atoms with E-state index in [2.05, 4.69) is 26.4 Å². The number of nitrogens with one attached hydrogen (secondary N) is 1. The van der Waals surface area contributed by atoms with E-state index in [1.165, 1.54) is 0 Å². The molecule has 1 heterocycles. The Morgan fingerprint density at radius 1 is 1.50 bits per heavy atom. The third-order valence-corrected chi connectivity index (χ3v) is 3.59. The Morgan fingerprint density at radius 3 is 2.95 bits per heavy atom. The number of benzene rings is 1. The second-order valence-corrected chi connectivity index (χ2v) is 5.44. The van der Waals surface area contributed by atoms with Crippen LogP contribution in [0, 0.1) is 0 Å². The highest BCUT2D eigenvalue weighted by Crippen LogP contribution is 2.23. The first-order chi connectivity index (χ1) is 9.61. The molecular formula is C13H16BrN3O3. The zero-order valence-corrected chi connectivity index (χ0v) is 12.4. The molecule has 1 aliphatic rings. The minimum absolute atomic E-state index is 0.0580. The summed E-state index contributed by atoms with van der Waals surface area (Å²) in [6.45, 7) is 0.601. The Kier molecular flexibility index (Phi) is 4.97. The monoisotopic (exact) mass is 341 g/mol. The van der Waals surface area contributed by atoms with Crippen molar-refractivity contribution in [3.05, 3.63) is 28.2 Å². The van der Waals surface area contributed by atoms with Crippen LogP contribution in [0.2, 0.25) is 0 Å². The van der Waals surface area contributed by atoms with Crippen molar-refractivity contribution in [2.24, 2.45) is 10.9 Å². The molecule has 0 aliphatic carbocycles. The van der Waals surface area contributed by atoms with Gasteiger partial charge in [-0.25, -0.2) is 0 Å². The van der Waals surface area contributed by atoms with Gasteiger partial charge in [-0.3, -0.25) is 4.79 Å². The second-order valence-electron chi connectivity index (χ2n) is 4.52. The van der Waals surface area contributed by atoms with Crippen LogP contribution in [-0.4, -0.2) is 29.7 Å². The van der Waals surface area contributed by atoms with E-state index in [0.717, 1.165) is 17.3 Å². The molecule has 108 valence electrons. The van der Waals surface area contributed by atoms with E-state index >= 15 is 0 Å². The lowest BCUT2D eigenvalue weighted by Crippen LogP contribution is -2.33. The van der Waals surface area contributed by atoms with Gasteiger partial charge in [0.15, 0.2) is 5.84 Å². The summed E-state index contributed by atoms with van der Waals surface area (Å²) in [5.74, 6) is -0.271. The van der Waals surface area contributed by atoms with Crippen molar-refractivity contribution in [1.29, 1.82) is 0 Å². The van der Waals surface area contributed by atoms with E-state index in [1.807, 2.05) is 0 Å². The highest BCUT2D eigenvalue weighted by Gasteiger charge is 2.23. The quantitative estimate of drug-likeness (QED) is 0.339. The molecule has 1 saturated heterocycles. The Hall–Kier alpha value is -1.60. The number of amides is 1. The maximum Gasteiger partial charge on any atom is 0.253 e. The largest absolute Gasteiger partial charge is 0.409 e. The first kappa shape index (κ1) is 14.8. The van der Waals surface area contributed by atoms with Gasteiger partial charge < -0.3 is 21.0 Å². The predicted molar refractivity (Wildman–Crippen MR) is 78.9 cm³/mol. The number of oxime groups is 1. The minimum atomic E-state index is -0.442. The van der Waals surface area contributed by atoms with Gasteiger partial charge >= 0.3 is 0 Å². The molecule has 4 N–H and O–H groups in total. The number of amidine groups is 1. The van der Waals surface area contributed by atoms with E-state index in [-0.39, 0.29) is 11.7 Å². The molecule has 1 unspecified atom stereocenters. The molecule has 0 saturated carbocycles. The third kappa shape index (κ3) is 3.49. The van der Waals surface area contributed by atoms with E-state index in [0.29, 0.717) is 24.3 Å². The molecule has 20 heavy (non-hydrogen) atoms. The summed E-state index contributed by atoms with van der Waals surface area (Å²) in [6, 6.07) is 5.12. The zero-order chi connectivity index (χ0) is 14.5. The van der Waals surface area contributed by atoms with Gasteiger partial charge in [0.2, 0.25) is 0 Å². The molecule has 1 fully saturated rings. The molecular weight excluding hydrogens is 326 g/mol. The Bertz CT molecular complexity index is 528. The van der Waals surface area contributed by atoms with Crippen LogP contribution in [0.15, 0.2) is 27.8 Å². The Balaban J connectivity index is 2.19. The lowest BCUT2D eigenvalue weighted by Gasteiger charge is -2.22. The van der Waals surface area contributed by atoms with Crippen LogP contribution in [0.5, 0.6) is 0 Å². The van der Waals surface area contributed by atoms with Crippen LogP contribution >= 0.6 is 15.9 Å². The molecule has 6 nitrogen and oxygen atoms in total. The molecule has 1 aromatic carbocycles. The molecule has 1 atom stereocenters. The van der Waals surface area contributed by atoms with E-state index in [4.69, 9.17) is 15.7 Å². The maximum atomic E-state index is 12.1. The first-order valence-corrected chi connectivity index (χ1v) is 7.11. The number of hydrogen-bond acceptors (Lipinski definition) is 4. The van der Waals surface area contributed by atoms with Crippen LogP contribution in [0.1, 0.15) is 24.8 Å². The topological polar surface area (TPSA) is 96.9 Å². The fourth-order valence-corrected chi connectivity index (χ4v) is 2.42. The lowest BCUT2D eigenvalue weighted by molar-refractivity contribution is -0.129. The van der Waals surface area contributed by atoms with Gasteiger partial charge in [0.25, 0.3) is 5.91 Å². The molecule has 0 aromatic heterocycles. The smallest absolute Gasteiger partial charge is 0.253 e. The summed E-state index contributed by atoms with van der Waals surface area (Å²) in [6.07, 6.45) is 2.22. The number of hydrogen-bond donors (Lipinski definition) is 3. The van der Waals surface area contributed by atoms with Crippen molar-refractivity contribution in [2.75, 3.05) is 11.9 Å². The molecule has 1 aromatic rings. The number of carbonyl (C=O) groups is 1. The zero-order valence-electron chi connectivity index (χ0n) is 10.8. The van der Waals surface area contributed by atoms with E-state index in [1.54, 1.807) is 18.2 Å². The van der Waals surface area contributed by atoms with Gasteiger partial charge in [-0.2, -0.15) is 0 Å². The van der Waals surface area contributed by atoms with Crippen LogP contribution in [0.4, 0.5) is 5.69 Å². The number of rotatable bonds is 3. The van der Waals surface area contributed by atoms with Crippen molar-refractivity contribution < 1.29 is 14.7 Å². The van der Waals surface area contributed by atoms with Gasteiger partial charge in [-0.05, 0) is 37.5 Å². The SMILES string of the molecule is N/C(=N/O)c1ccc(Br)cc1NC(=O)C1CCCCO1. The number of anilines is 1. The molecule has 0 radical (unpaired) electrons. The Morgan fingerprint density at radius 2 is 2.30 bits per heavy atom. The number of halogens is 1. The standard InChI is InChI=1S/C13H16BrN3O3/c14-8-4-5-9(12(15)17-19)10(7-8)16-13(18)11-3-1-2-6-20-11/h4-5,7,11,19H,1-3,6H2,(H2,15,17)(H,16,18). The van der Waals surface area contributed by atoms with Crippen molar-refractivity contribution in [1.82, 2.24) is 0 Å². The van der Waals surface area contributed by atoms with Crippen molar-refractivity contribution in [2.45, 2.75) is 25.4 Å². The van der Waals surface area contributed by atoms with E-state index in [9.17, 15) is 4.79 Å². The molecule has 7 heteroatoms. The van der Waals surface area contributed by atoms with Crippen LogP contribution in [0.3, 0.4) is 0 Å². The molecule has 1 aliphatic heterocycles. The van der Waals surface area contributed by atoms with Crippen LogP contribution in [0.25, 0.3) is 0 Å². The van der Waals surface area contributed by atoms with Crippen molar-refractivity contribution in [3.63, 3.8) is 0 Å². The molecule has 2 rings (SSSR count). The minimum Gasteiger partial charge on any atom is -0.409 e. The first-order valence-electron chi connectivity index (χ1n) is 6.31. The third-order valence-electron chi connectivity index (χ3n) is 3.10. The van der Waals surface area contributed by atoms with Gasteiger partial charge in [0, 0.05) is 16.6 Å². The second kappa shape index (κ2) is 6.71. The van der Waals surface area contributed by atoms with Crippen molar-refractivity contribution in [3.8, 4) is 0 Å². The average Bonchev–Trinajstić information content (AvgIpc) is 2.47. The summed E-state index contributed by atoms with van der Waals surface area (Å²) >= 11 is 3.33. The van der Waals surface area contributed by atoms with Gasteiger partial charge in [-0.1, -0.05) is 21.1 Å². The van der Waals surface area contributed by atoms with Crippen LogP contribution < -0.4 is 11.1 Å². The van der Waals surface area contributed by atoms with Crippen LogP contribution in [-0.2, 0) is 9.53 Å². The summed E-state index contributed by atoms with van der Waals surface area (Å²) in [5, 5.41) is 14.5. The number of nitrogens with two attached hydrogens (primary N) is 1. The van der Waals surface area contributed by atoms with Gasteiger partial charge in [-0.15, -0.1) is 0 Å². The summed E-state index contributed by atoms with van der Waals surface area (Å²) < 4.78 is 6.22. The summed E-state index contributed by atoms with van der Waals surface area (Å²) in [7, 11) is 0. The number of nitrogens with zero attached hydrogens (tertiary/aromatic N) is 1. The number of carbonyl (C=O) groups excluding carboxylic acids is 1. The molecule has 1 amide bonds. The predicted octanol–water partition coefficient (Wildman–Crippen LogP) is 2.05. The lowest BCUT2D eigenvalue weighted by atomic mass is 10.1. The summed E-state index contributed by atoms with van der Waals surface area (Å²) in [5.41, 5.74) is 6.54. The van der Waals surface area contributed by atoms with Crippen molar-refractivity contribution >= 4 is 33.4 Å². The average molecular weight is 342 g/mol. The highest BCUT2D eigenvalue weighted by atomic mass is 79.9. The maximum absolute atomic E-state index is 12.1.